The first-order valence-corrected chi connectivity index (χ1v) is 9.66. The number of methoxy groups -OCH3 is 1. The number of hydrogen-bond donors (Lipinski definition) is 1. The van der Waals surface area contributed by atoms with E-state index in [4.69, 9.17) is 16.3 Å². The number of benzene rings is 2. The molecule has 4 rings (SSSR count). The second-order valence-electron chi connectivity index (χ2n) is 5.96. The van der Waals surface area contributed by atoms with Crippen molar-refractivity contribution in [3.05, 3.63) is 71.5 Å². The number of anilines is 1. The number of fused-ring (bicyclic) bond motifs is 1. The highest BCUT2D eigenvalue weighted by Gasteiger charge is 2.38. The molecule has 0 fully saturated rings. The summed E-state index contributed by atoms with van der Waals surface area (Å²) in [6, 6.07) is 15.1. The molecule has 27 heavy (non-hydrogen) atoms. The van der Waals surface area contributed by atoms with Crippen molar-refractivity contribution in [2.24, 2.45) is 5.10 Å². The third kappa shape index (κ3) is 3.61. The monoisotopic (exact) mass is 400 g/mol. The van der Waals surface area contributed by atoms with Gasteiger partial charge in [0.1, 0.15) is 5.75 Å². The van der Waals surface area contributed by atoms with Crippen LogP contribution in [0.15, 0.2) is 66.0 Å². The van der Waals surface area contributed by atoms with E-state index < -0.39 is 6.17 Å². The Morgan fingerprint density at radius 3 is 2.89 bits per heavy atom. The van der Waals surface area contributed by atoms with E-state index in [0.29, 0.717) is 16.5 Å². The molecule has 2 aromatic carbocycles. The van der Waals surface area contributed by atoms with Gasteiger partial charge in [0.05, 0.1) is 12.8 Å². The van der Waals surface area contributed by atoms with Crippen LogP contribution in [0.4, 0.5) is 5.69 Å². The van der Waals surface area contributed by atoms with Crippen LogP contribution in [-0.2, 0) is 10.5 Å². The van der Waals surface area contributed by atoms with Gasteiger partial charge in [0, 0.05) is 29.2 Å². The lowest BCUT2D eigenvalue weighted by Gasteiger charge is -2.32. The summed E-state index contributed by atoms with van der Waals surface area (Å²) in [7, 11) is 1.60. The highest BCUT2D eigenvalue weighted by molar-refractivity contribution is 8.13. The van der Waals surface area contributed by atoms with Crippen molar-refractivity contribution in [3.63, 3.8) is 0 Å². The molecule has 1 unspecified atom stereocenters. The Hall–Kier alpha value is -2.64. The molecule has 1 atom stereocenters. The molecule has 0 radical (unpaired) electrons. The van der Waals surface area contributed by atoms with Crippen LogP contribution in [0.1, 0.15) is 5.56 Å². The van der Waals surface area contributed by atoms with Crippen molar-refractivity contribution in [1.29, 1.82) is 0 Å². The summed E-state index contributed by atoms with van der Waals surface area (Å²) >= 11 is 7.58. The summed E-state index contributed by atoms with van der Waals surface area (Å²) in [4.78, 5) is 16.3. The lowest BCUT2D eigenvalue weighted by Crippen LogP contribution is -2.52. The van der Waals surface area contributed by atoms with Crippen molar-refractivity contribution in [2.75, 3.05) is 12.0 Å². The summed E-state index contributed by atoms with van der Waals surface area (Å²) in [5.41, 5.74) is 4.78. The molecule has 0 saturated carbocycles. The molecule has 0 bridgehead atoms. The Balaban J connectivity index is 1.48. The van der Waals surface area contributed by atoms with Crippen molar-refractivity contribution in [3.8, 4) is 5.75 Å². The molecule has 1 N–H and O–H groups in total. The average Bonchev–Trinajstić information content (AvgIpc) is 3.11. The third-order valence-electron chi connectivity index (χ3n) is 4.22. The van der Waals surface area contributed by atoms with Gasteiger partial charge in [-0.15, -0.1) is 0 Å². The topological polar surface area (TPSA) is 57.2 Å². The minimum Gasteiger partial charge on any atom is -0.497 e. The van der Waals surface area contributed by atoms with E-state index >= 15 is 0 Å². The van der Waals surface area contributed by atoms with Crippen LogP contribution in [-0.4, -0.2) is 29.3 Å². The molecule has 2 aliphatic rings. The SMILES string of the molecule is COc1cccc(N2C=CN3C(SCc4cccc(Cl)c4)=NNC3C2=O)c1. The van der Waals surface area contributed by atoms with Crippen LogP contribution in [0, 0.1) is 0 Å². The number of hydrogen-bond acceptors (Lipinski definition) is 6. The second-order valence-corrected chi connectivity index (χ2v) is 7.34. The van der Waals surface area contributed by atoms with Crippen LogP contribution < -0.4 is 15.1 Å². The number of amidine groups is 1. The van der Waals surface area contributed by atoms with Gasteiger partial charge in [-0.05, 0) is 29.8 Å². The van der Waals surface area contributed by atoms with E-state index in [9.17, 15) is 4.79 Å². The number of ether oxygens (including phenoxy) is 1. The fourth-order valence-corrected chi connectivity index (χ4v) is 3.99. The minimum absolute atomic E-state index is 0.104. The van der Waals surface area contributed by atoms with Crippen LogP contribution in [0.2, 0.25) is 5.02 Å². The first kappa shape index (κ1) is 17.8. The van der Waals surface area contributed by atoms with Gasteiger partial charge in [0.2, 0.25) is 6.17 Å². The molecule has 8 heteroatoms. The smallest absolute Gasteiger partial charge is 0.276 e. The van der Waals surface area contributed by atoms with Crippen LogP contribution in [0.25, 0.3) is 0 Å². The van der Waals surface area contributed by atoms with E-state index in [2.05, 4.69) is 10.5 Å². The second kappa shape index (κ2) is 7.54. The first-order valence-electron chi connectivity index (χ1n) is 8.30. The molecule has 0 aliphatic carbocycles. The molecule has 0 saturated heterocycles. The third-order valence-corrected chi connectivity index (χ3v) is 5.49. The highest BCUT2D eigenvalue weighted by Crippen LogP contribution is 2.29. The standard InChI is InChI=1S/C19H17ClN4O2S/c1-26-16-7-3-6-15(11-16)23-8-9-24-17(18(23)25)21-22-19(24)27-12-13-4-2-5-14(20)10-13/h2-11,17,21H,12H2,1H3. The molecule has 6 nitrogen and oxygen atoms in total. The zero-order valence-electron chi connectivity index (χ0n) is 14.5. The summed E-state index contributed by atoms with van der Waals surface area (Å²) in [6.07, 6.45) is 3.05. The number of hydrazone groups is 1. The van der Waals surface area contributed by atoms with E-state index in [1.54, 1.807) is 30.0 Å². The van der Waals surface area contributed by atoms with Crippen molar-refractivity contribution < 1.29 is 9.53 Å². The average molecular weight is 401 g/mol. The molecule has 0 aromatic heterocycles. The summed E-state index contributed by atoms with van der Waals surface area (Å²) in [6.45, 7) is 0. The Morgan fingerprint density at radius 2 is 2.07 bits per heavy atom. The zero-order chi connectivity index (χ0) is 18.8. The molecular formula is C19H17ClN4O2S. The van der Waals surface area contributed by atoms with Gasteiger partial charge in [0.15, 0.2) is 5.17 Å². The Labute approximate surface area is 166 Å². The largest absolute Gasteiger partial charge is 0.497 e. The maximum absolute atomic E-state index is 12.9. The van der Waals surface area contributed by atoms with Gasteiger partial charge in [0.25, 0.3) is 5.91 Å². The molecule has 138 valence electrons. The summed E-state index contributed by atoms with van der Waals surface area (Å²) < 4.78 is 5.24. The maximum Gasteiger partial charge on any atom is 0.276 e. The van der Waals surface area contributed by atoms with Crippen molar-refractivity contribution >= 4 is 40.1 Å². The quantitative estimate of drug-likeness (QED) is 0.849. The van der Waals surface area contributed by atoms with Gasteiger partial charge < -0.3 is 4.74 Å². The van der Waals surface area contributed by atoms with Crippen molar-refractivity contribution in [1.82, 2.24) is 10.3 Å². The van der Waals surface area contributed by atoms with Gasteiger partial charge in [-0.25, -0.2) is 0 Å². The van der Waals surface area contributed by atoms with Gasteiger partial charge in [-0.3, -0.25) is 20.0 Å². The number of thioether (sulfide) groups is 1. The molecule has 2 heterocycles. The van der Waals surface area contributed by atoms with Gasteiger partial charge in [-0.2, -0.15) is 5.10 Å². The van der Waals surface area contributed by atoms with Crippen LogP contribution >= 0.6 is 23.4 Å². The Morgan fingerprint density at radius 1 is 1.22 bits per heavy atom. The van der Waals surface area contributed by atoms with Crippen molar-refractivity contribution in [2.45, 2.75) is 11.9 Å². The number of nitrogens with one attached hydrogen (secondary N) is 1. The van der Waals surface area contributed by atoms with Gasteiger partial charge >= 0.3 is 0 Å². The lowest BCUT2D eigenvalue weighted by atomic mass is 10.2. The lowest BCUT2D eigenvalue weighted by molar-refractivity contribution is -0.122. The molecule has 2 aliphatic heterocycles. The predicted octanol–water partition coefficient (Wildman–Crippen LogP) is 3.60. The molecule has 0 spiro atoms. The van der Waals surface area contributed by atoms with E-state index in [0.717, 1.165) is 16.4 Å². The van der Waals surface area contributed by atoms with Crippen LogP contribution in [0.5, 0.6) is 5.75 Å². The zero-order valence-corrected chi connectivity index (χ0v) is 16.1. The Kier molecular flexibility index (Phi) is 4.96. The molecular weight excluding hydrogens is 384 g/mol. The number of amides is 1. The number of carbonyl (C=O) groups is 1. The van der Waals surface area contributed by atoms with Crippen LogP contribution in [0.3, 0.4) is 0 Å². The molecule has 2 aromatic rings. The number of carbonyl (C=O) groups excluding carboxylic acids is 1. The molecule has 1 amide bonds. The predicted molar refractivity (Wildman–Crippen MR) is 109 cm³/mol. The summed E-state index contributed by atoms with van der Waals surface area (Å²) in [5.74, 6) is 1.31. The fraction of sp³-hybridized carbons (Fsp3) is 0.158. The van der Waals surface area contributed by atoms with E-state index in [-0.39, 0.29) is 5.91 Å². The first-order chi connectivity index (χ1) is 13.2. The fourth-order valence-electron chi connectivity index (χ4n) is 2.87. The van der Waals surface area contributed by atoms with E-state index in [1.165, 1.54) is 0 Å². The van der Waals surface area contributed by atoms with Gasteiger partial charge in [-0.1, -0.05) is 41.6 Å². The highest BCUT2D eigenvalue weighted by atomic mass is 35.5. The minimum atomic E-state index is -0.553. The number of nitrogens with zero attached hydrogens (tertiary/aromatic N) is 3. The normalized spacial score (nSPS) is 18.2. The number of rotatable bonds is 4. The number of halogens is 1. The summed E-state index contributed by atoms with van der Waals surface area (Å²) in [5, 5.41) is 5.78. The maximum atomic E-state index is 12.9. The van der Waals surface area contributed by atoms with E-state index in [1.807, 2.05) is 59.6 Å². The Bertz CT molecular complexity index is 933.